The predicted octanol–water partition coefficient (Wildman–Crippen LogP) is 5.07. The number of halogens is 2. The molecule has 0 radical (unpaired) electrons. The Morgan fingerprint density at radius 1 is 1.25 bits per heavy atom. The summed E-state index contributed by atoms with van der Waals surface area (Å²) in [5.41, 5.74) is 0.905. The third-order valence-electron chi connectivity index (χ3n) is 3.21. The Kier molecular flexibility index (Phi) is 5.18. The van der Waals surface area contributed by atoms with Gasteiger partial charge in [-0.25, -0.2) is 4.39 Å². The molecule has 0 aliphatic heterocycles. The average molecular weight is 358 g/mol. The zero-order valence-corrected chi connectivity index (χ0v) is 14.0. The molecule has 2 aromatic rings. The van der Waals surface area contributed by atoms with Gasteiger partial charge in [0.25, 0.3) is 0 Å². The molecule has 2 nitrogen and oxygen atoms in total. The molecule has 0 bridgehead atoms. The first-order valence-corrected chi connectivity index (χ1v) is 8.02. The summed E-state index contributed by atoms with van der Waals surface area (Å²) in [4.78, 5) is 1.24. The molecule has 20 heavy (non-hydrogen) atoms. The van der Waals surface area contributed by atoms with E-state index in [1.807, 2.05) is 19.1 Å². The topological polar surface area (TPSA) is 21.3 Å². The molecule has 0 aliphatic carbocycles. The number of benzene rings is 1. The summed E-state index contributed by atoms with van der Waals surface area (Å²) >= 11 is 5.24. The maximum atomic E-state index is 13.7. The third kappa shape index (κ3) is 3.40. The van der Waals surface area contributed by atoms with Crippen molar-refractivity contribution in [2.45, 2.75) is 25.9 Å². The summed E-state index contributed by atoms with van der Waals surface area (Å²) in [6.07, 6.45) is 0. The van der Waals surface area contributed by atoms with Gasteiger partial charge in [-0.15, -0.1) is 11.3 Å². The van der Waals surface area contributed by atoms with Crippen molar-refractivity contribution in [1.29, 1.82) is 0 Å². The van der Waals surface area contributed by atoms with Gasteiger partial charge in [0, 0.05) is 21.4 Å². The fourth-order valence-corrected chi connectivity index (χ4v) is 3.85. The lowest BCUT2D eigenvalue weighted by molar-refractivity contribution is 0.385. The van der Waals surface area contributed by atoms with E-state index in [0.717, 1.165) is 10.0 Å². The van der Waals surface area contributed by atoms with Crippen LogP contribution >= 0.6 is 27.3 Å². The first-order valence-electron chi connectivity index (χ1n) is 6.35. The van der Waals surface area contributed by atoms with E-state index in [-0.39, 0.29) is 23.7 Å². The minimum Gasteiger partial charge on any atom is -0.494 e. The number of thiophene rings is 1. The smallest absolute Gasteiger partial charge is 0.165 e. The van der Waals surface area contributed by atoms with Crippen molar-refractivity contribution >= 4 is 27.3 Å². The van der Waals surface area contributed by atoms with Crippen molar-refractivity contribution in [3.63, 3.8) is 0 Å². The van der Waals surface area contributed by atoms with Crippen molar-refractivity contribution < 1.29 is 9.13 Å². The SMILES string of the molecule is COc1ccc(C(C)NC(C)c2sccc2Br)cc1F. The fourth-order valence-electron chi connectivity index (χ4n) is 2.11. The Morgan fingerprint density at radius 2 is 2.00 bits per heavy atom. The molecular weight excluding hydrogens is 341 g/mol. The second-order valence-corrected chi connectivity index (χ2v) is 6.44. The Hall–Kier alpha value is -0.910. The van der Waals surface area contributed by atoms with Crippen LogP contribution in [0.3, 0.4) is 0 Å². The number of methoxy groups -OCH3 is 1. The molecule has 2 atom stereocenters. The van der Waals surface area contributed by atoms with Crippen LogP contribution in [0.5, 0.6) is 5.75 Å². The molecule has 1 N–H and O–H groups in total. The van der Waals surface area contributed by atoms with E-state index in [1.54, 1.807) is 17.4 Å². The number of nitrogens with one attached hydrogen (secondary N) is 1. The second kappa shape index (κ2) is 6.70. The third-order valence-corrected chi connectivity index (χ3v) is 5.27. The predicted molar refractivity (Wildman–Crippen MR) is 84.9 cm³/mol. The van der Waals surface area contributed by atoms with Crippen LogP contribution < -0.4 is 10.1 Å². The Morgan fingerprint density at radius 3 is 2.55 bits per heavy atom. The highest BCUT2D eigenvalue weighted by atomic mass is 79.9. The Bertz CT molecular complexity index is 587. The van der Waals surface area contributed by atoms with Gasteiger partial charge in [-0.1, -0.05) is 6.07 Å². The van der Waals surface area contributed by atoms with Crippen LogP contribution in [0.15, 0.2) is 34.1 Å². The number of hydrogen-bond acceptors (Lipinski definition) is 3. The quantitative estimate of drug-likeness (QED) is 0.806. The molecule has 5 heteroatoms. The van der Waals surface area contributed by atoms with E-state index in [4.69, 9.17) is 4.74 Å². The van der Waals surface area contributed by atoms with E-state index < -0.39 is 0 Å². The highest BCUT2D eigenvalue weighted by Crippen LogP contribution is 2.31. The van der Waals surface area contributed by atoms with Crippen LogP contribution in [0.4, 0.5) is 4.39 Å². The van der Waals surface area contributed by atoms with Gasteiger partial charge in [0.15, 0.2) is 11.6 Å². The van der Waals surface area contributed by atoms with Crippen molar-refractivity contribution in [3.8, 4) is 5.75 Å². The Labute approximate surface area is 131 Å². The molecule has 0 amide bonds. The maximum absolute atomic E-state index is 13.7. The molecule has 0 fully saturated rings. The van der Waals surface area contributed by atoms with Crippen molar-refractivity contribution in [2.75, 3.05) is 7.11 Å². The van der Waals surface area contributed by atoms with Crippen LogP contribution in [0.25, 0.3) is 0 Å². The van der Waals surface area contributed by atoms with Gasteiger partial charge in [-0.3, -0.25) is 0 Å². The van der Waals surface area contributed by atoms with Crippen LogP contribution in [0.1, 0.15) is 36.4 Å². The molecular formula is C15H17BrFNOS. The molecule has 1 heterocycles. The van der Waals surface area contributed by atoms with Crippen LogP contribution in [0.2, 0.25) is 0 Å². The maximum Gasteiger partial charge on any atom is 0.165 e. The summed E-state index contributed by atoms with van der Waals surface area (Å²) in [5.74, 6) is -0.0568. The standard InChI is InChI=1S/C15H17BrFNOS/c1-9(11-4-5-14(19-3)13(17)8-11)18-10(2)15-12(16)6-7-20-15/h4-10,18H,1-3H3. The largest absolute Gasteiger partial charge is 0.494 e. The fraction of sp³-hybridized carbons (Fsp3) is 0.333. The molecule has 108 valence electrons. The summed E-state index contributed by atoms with van der Waals surface area (Å²) in [7, 11) is 1.47. The molecule has 0 aliphatic rings. The van der Waals surface area contributed by atoms with Gasteiger partial charge >= 0.3 is 0 Å². The molecule has 2 unspecified atom stereocenters. The van der Waals surface area contributed by atoms with E-state index in [2.05, 4.69) is 33.6 Å². The van der Waals surface area contributed by atoms with Gasteiger partial charge in [0.2, 0.25) is 0 Å². The molecule has 1 aromatic carbocycles. The zero-order chi connectivity index (χ0) is 14.7. The van der Waals surface area contributed by atoms with E-state index in [9.17, 15) is 4.39 Å². The lowest BCUT2D eigenvalue weighted by Gasteiger charge is -2.20. The summed E-state index contributed by atoms with van der Waals surface area (Å²) in [6.45, 7) is 4.13. The minimum atomic E-state index is -0.330. The molecule has 1 aromatic heterocycles. The van der Waals surface area contributed by atoms with E-state index in [1.165, 1.54) is 18.1 Å². The first kappa shape index (κ1) is 15.5. The number of rotatable bonds is 5. The first-order chi connectivity index (χ1) is 9.52. The lowest BCUT2D eigenvalue weighted by Crippen LogP contribution is -2.22. The summed E-state index contributed by atoms with van der Waals surface area (Å²) in [6, 6.07) is 7.36. The normalized spacial score (nSPS) is 14.1. The number of hydrogen-bond donors (Lipinski definition) is 1. The van der Waals surface area contributed by atoms with Crippen molar-refractivity contribution in [2.24, 2.45) is 0 Å². The minimum absolute atomic E-state index is 0.0550. The highest BCUT2D eigenvalue weighted by Gasteiger charge is 2.15. The van der Waals surface area contributed by atoms with Crippen molar-refractivity contribution in [1.82, 2.24) is 5.32 Å². The van der Waals surface area contributed by atoms with Gasteiger partial charge in [0.1, 0.15) is 0 Å². The van der Waals surface area contributed by atoms with E-state index >= 15 is 0 Å². The summed E-state index contributed by atoms with van der Waals surface area (Å²) in [5, 5.41) is 5.53. The average Bonchev–Trinajstić information content (AvgIpc) is 2.84. The van der Waals surface area contributed by atoms with Crippen LogP contribution in [0, 0.1) is 5.82 Å². The van der Waals surface area contributed by atoms with Crippen molar-refractivity contribution in [3.05, 3.63) is 50.4 Å². The molecule has 0 saturated heterocycles. The van der Waals surface area contributed by atoms with Gasteiger partial charge < -0.3 is 10.1 Å². The zero-order valence-electron chi connectivity index (χ0n) is 11.6. The molecule has 0 saturated carbocycles. The summed E-state index contributed by atoms with van der Waals surface area (Å²) < 4.78 is 19.8. The highest BCUT2D eigenvalue weighted by molar-refractivity contribution is 9.10. The van der Waals surface area contributed by atoms with Crippen LogP contribution in [-0.4, -0.2) is 7.11 Å². The molecule has 2 rings (SSSR count). The van der Waals surface area contributed by atoms with Gasteiger partial charge in [-0.05, 0) is 58.9 Å². The molecule has 0 spiro atoms. The number of ether oxygens (including phenoxy) is 1. The van der Waals surface area contributed by atoms with Crippen LogP contribution in [-0.2, 0) is 0 Å². The monoisotopic (exact) mass is 357 g/mol. The van der Waals surface area contributed by atoms with E-state index in [0.29, 0.717) is 0 Å². The lowest BCUT2D eigenvalue weighted by atomic mass is 10.1. The van der Waals surface area contributed by atoms with Gasteiger partial charge in [0.05, 0.1) is 7.11 Å². The Balaban J connectivity index is 2.10. The van der Waals surface area contributed by atoms with Gasteiger partial charge in [-0.2, -0.15) is 0 Å². The second-order valence-electron chi connectivity index (χ2n) is 4.64.